The fourth-order valence-electron chi connectivity index (χ4n) is 4.07. The van der Waals surface area contributed by atoms with Gasteiger partial charge in [-0.15, -0.1) is 0 Å². The lowest BCUT2D eigenvalue weighted by atomic mass is 9.99. The largest absolute Gasteiger partial charge is 0.354 e. The average molecular weight is 457 g/mol. The van der Waals surface area contributed by atoms with Crippen molar-refractivity contribution in [2.45, 2.75) is 59.5 Å². The second kappa shape index (κ2) is 12.2. The minimum atomic E-state index is -0.590. The summed E-state index contributed by atoms with van der Waals surface area (Å²) in [6.07, 6.45) is 1.59. The molecule has 4 nitrogen and oxygen atoms in total. The van der Waals surface area contributed by atoms with Gasteiger partial charge in [-0.3, -0.25) is 9.59 Å². The zero-order valence-electron chi connectivity index (χ0n) is 20.8. The van der Waals surface area contributed by atoms with Crippen molar-refractivity contribution in [3.8, 4) is 0 Å². The molecule has 0 saturated heterocycles. The van der Waals surface area contributed by atoms with E-state index in [4.69, 9.17) is 0 Å². The maximum absolute atomic E-state index is 13.8. The van der Waals surface area contributed by atoms with E-state index in [1.54, 1.807) is 4.90 Å². The van der Waals surface area contributed by atoms with Crippen LogP contribution in [0, 0.1) is 20.8 Å². The molecule has 4 heteroatoms. The van der Waals surface area contributed by atoms with Crippen LogP contribution in [0.1, 0.15) is 46.7 Å². The molecular weight excluding hydrogens is 420 g/mol. The number of nitrogens with one attached hydrogen (secondary N) is 1. The Kier molecular flexibility index (Phi) is 9.03. The molecule has 1 atom stereocenters. The molecule has 0 heterocycles. The smallest absolute Gasteiger partial charge is 0.243 e. The van der Waals surface area contributed by atoms with E-state index in [0.717, 1.165) is 34.2 Å². The predicted octanol–water partition coefficient (Wildman–Crippen LogP) is 5.32. The van der Waals surface area contributed by atoms with E-state index in [1.807, 2.05) is 82.3 Å². The van der Waals surface area contributed by atoms with Gasteiger partial charge in [0.15, 0.2) is 0 Å². The number of carbonyl (C=O) groups excluding carboxylic acids is 2. The lowest BCUT2D eigenvalue weighted by molar-refractivity contribution is -0.140. The lowest BCUT2D eigenvalue weighted by Crippen LogP contribution is -2.51. The van der Waals surface area contributed by atoms with Crippen LogP contribution < -0.4 is 5.32 Å². The Morgan fingerprint density at radius 2 is 1.53 bits per heavy atom. The van der Waals surface area contributed by atoms with Crippen molar-refractivity contribution in [1.29, 1.82) is 0 Å². The maximum Gasteiger partial charge on any atom is 0.243 e. The van der Waals surface area contributed by atoms with Gasteiger partial charge in [-0.2, -0.15) is 0 Å². The standard InChI is InChI=1S/C30H36N2O2/c1-5-17-31-30(34)28(19-25-9-7-6-8-10-25)32(21-26-15-12-22(2)13-16-26)29(33)20-27-18-23(3)11-14-24(27)4/h6-16,18,28H,5,17,19-21H2,1-4H3,(H,31,34)/t28-/m1/s1. The molecule has 34 heavy (non-hydrogen) atoms. The van der Waals surface area contributed by atoms with Crippen molar-refractivity contribution in [3.05, 3.63) is 106 Å². The van der Waals surface area contributed by atoms with Crippen molar-refractivity contribution >= 4 is 11.8 Å². The molecule has 3 rings (SSSR count). The van der Waals surface area contributed by atoms with Crippen LogP contribution in [0.2, 0.25) is 0 Å². The van der Waals surface area contributed by atoms with Crippen molar-refractivity contribution in [2.75, 3.05) is 6.54 Å². The molecule has 0 aromatic heterocycles. The summed E-state index contributed by atoms with van der Waals surface area (Å²) in [5.74, 6) is -0.144. The van der Waals surface area contributed by atoms with Gasteiger partial charge in [-0.1, -0.05) is 90.8 Å². The molecule has 2 amide bonds. The first-order chi connectivity index (χ1) is 16.4. The summed E-state index contributed by atoms with van der Waals surface area (Å²) in [7, 11) is 0. The topological polar surface area (TPSA) is 49.4 Å². The number of hydrogen-bond acceptors (Lipinski definition) is 2. The molecule has 0 aliphatic rings. The Balaban J connectivity index is 1.97. The molecule has 3 aromatic rings. The van der Waals surface area contributed by atoms with Gasteiger partial charge in [0, 0.05) is 19.5 Å². The molecule has 0 fully saturated rings. The van der Waals surface area contributed by atoms with E-state index in [2.05, 4.69) is 23.5 Å². The Morgan fingerprint density at radius 1 is 0.853 bits per heavy atom. The summed E-state index contributed by atoms with van der Waals surface area (Å²) in [6.45, 7) is 9.12. The maximum atomic E-state index is 13.8. The van der Waals surface area contributed by atoms with Gasteiger partial charge in [0.2, 0.25) is 11.8 Å². The van der Waals surface area contributed by atoms with Crippen molar-refractivity contribution in [1.82, 2.24) is 10.2 Å². The number of rotatable bonds is 10. The molecule has 178 valence electrons. The molecular formula is C30H36N2O2. The number of hydrogen-bond donors (Lipinski definition) is 1. The van der Waals surface area contributed by atoms with Crippen LogP contribution in [-0.2, 0) is 29.0 Å². The van der Waals surface area contributed by atoms with Crippen molar-refractivity contribution in [2.24, 2.45) is 0 Å². The first kappa shape index (κ1) is 25.2. The van der Waals surface area contributed by atoms with Crippen LogP contribution in [0.15, 0.2) is 72.8 Å². The highest BCUT2D eigenvalue weighted by molar-refractivity contribution is 5.89. The van der Waals surface area contributed by atoms with E-state index >= 15 is 0 Å². The number of aryl methyl sites for hydroxylation is 3. The minimum Gasteiger partial charge on any atom is -0.354 e. The molecule has 0 bridgehead atoms. The highest BCUT2D eigenvalue weighted by atomic mass is 16.2. The van der Waals surface area contributed by atoms with E-state index in [-0.39, 0.29) is 18.2 Å². The Labute approximate surface area is 204 Å². The average Bonchev–Trinajstić information content (AvgIpc) is 2.83. The van der Waals surface area contributed by atoms with Crippen LogP contribution in [0.3, 0.4) is 0 Å². The highest BCUT2D eigenvalue weighted by Crippen LogP contribution is 2.19. The van der Waals surface area contributed by atoms with E-state index in [1.165, 1.54) is 5.56 Å². The monoisotopic (exact) mass is 456 g/mol. The molecule has 0 radical (unpaired) electrons. The highest BCUT2D eigenvalue weighted by Gasteiger charge is 2.30. The van der Waals surface area contributed by atoms with Gasteiger partial charge in [0.05, 0.1) is 6.42 Å². The van der Waals surface area contributed by atoms with Gasteiger partial charge in [-0.25, -0.2) is 0 Å². The second-order valence-electron chi connectivity index (χ2n) is 9.11. The first-order valence-electron chi connectivity index (χ1n) is 12.1. The molecule has 0 spiro atoms. The summed E-state index contributed by atoms with van der Waals surface area (Å²) >= 11 is 0. The molecule has 0 saturated carbocycles. The van der Waals surface area contributed by atoms with Crippen LogP contribution in [0.25, 0.3) is 0 Å². The first-order valence-corrected chi connectivity index (χ1v) is 12.1. The fourth-order valence-corrected chi connectivity index (χ4v) is 4.07. The summed E-state index contributed by atoms with van der Waals surface area (Å²) in [6, 6.07) is 23.7. The molecule has 0 aliphatic heterocycles. The predicted molar refractivity (Wildman–Crippen MR) is 139 cm³/mol. The number of amides is 2. The van der Waals surface area contributed by atoms with Gasteiger partial charge < -0.3 is 10.2 Å². The van der Waals surface area contributed by atoms with Crippen LogP contribution in [0.5, 0.6) is 0 Å². The third-order valence-corrected chi connectivity index (χ3v) is 6.14. The van der Waals surface area contributed by atoms with Gasteiger partial charge in [-0.05, 0) is 49.4 Å². The Morgan fingerprint density at radius 3 is 2.21 bits per heavy atom. The summed E-state index contributed by atoms with van der Waals surface area (Å²) in [5, 5.41) is 3.03. The van der Waals surface area contributed by atoms with Crippen LogP contribution in [-0.4, -0.2) is 29.3 Å². The minimum absolute atomic E-state index is 0.0399. The summed E-state index contributed by atoms with van der Waals surface area (Å²) in [5.41, 5.74) is 6.43. The van der Waals surface area contributed by atoms with Gasteiger partial charge in [0.1, 0.15) is 6.04 Å². The van der Waals surface area contributed by atoms with E-state index < -0.39 is 6.04 Å². The third kappa shape index (κ3) is 7.05. The quantitative estimate of drug-likeness (QED) is 0.449. The number of carbonyl (C=O) groups is 2. The van der Waals surface area contributed by atoms with Crippen molar-refractivity contribution in [3.63, 3.8) is 0 Å². The van der Waals surface area contributed by atoms with Crippen LogP contribution in [0.4, 0.5) is 0 Å². The molecule has 1 N–H and O–H groups in total. The number of nitrogens with zero attached hydrogens (tertiary/aromatic N) is 1. The number of benzene rings is 3. The normalized spacial score (nSPS) is 11.6. The van der Waals surface area contributed by atoms with Crippen molar-refractivity contribution < 1.29 is 9.59 Å². The lowest BCUT2D eigenvalue weighted by Gasteiger charge is -2.32. The molecule has 0 aliphatic carbocycles. The van der Waals surface area contributed by atoms with Crippen LogP contribution >= 0.6 is 0 Å². The fraction of sp³-hybridized carbons (Fsp3) is 0.333. The Hall–Kier alpha value is -3.40. The molecule has 0 unspecified atom stereocenters. The van der Waals surface area contributed by atoms with Gasteiger partial charge >= 0.3 is 0 Å². The zero-order valence-corrected chi connectivity index (χ0v) is 20.8. The summed E-state index contributed by atoms with van der Waals surface area (Å²) < 4.78 is 0. The molecule has 3 aromatic carbocycles. The van der Waals surface area contributed by atoms with E-state index in [9.17, 15) is 9.59 Å². The third-order valence-electron chi connectivity index (χ3n) is 6.14. The SMILES string of the molecule is CCCNC(=O)[C@@H](Cc1ccccc1)N(Cc1ccc(C)cc1)C(=O)Cc1cc(C)ccc1C. The van der Waals surface area contributed by atoms with Gasteiger partial charge in [0.25, 0.3) is 0 Å². The van der Waals surface area contributed by atoms with E-state index in [0.29, 0.717) is 19.5 Å². The second-order valence-corrected chi connectivity index (χ2v) is 9.11. The summed E-state index contributed by atoms with van der Waals surface area (Å²) in [4.78, 5) is 28.9. The Bertz CT molecular complexity index is 1090. The zero-order chi connectivity index (χ0) is 24.5.